The number of aromatic nitrogens is 2. The van der Waals surface area contributed by atoms with Gasteiger partial charge in [-0.25, -0.2) is 0 Å². The lowest BCUT2D eigenvalue weighted by Crippen LogP contribution is -2.18. The predicted octanol–water partition coefficient (Wildman–Crippen LogP) is 1.56. The van der Waals surface area contributed by atoms with Crippen LogP contribution in [-0.4, -0.2) is 21.1 Å². The van der Waals surface area contributed by atoms with Gasteiger partial charge in [-0.05, 0) is 18.8 Å². The molecule has 1 saturated carbocycles. The zero-order valence-electron chi connectivity index (χ0n) is 9.53. The van der Waals surface area contributed by atoms with Crippen molar-refractivity contribution in [2.75, 3.05) is 5.32 Å². The van der Waals surface area contributed by atoms with Crippen LogP contribution in [0.1, 0.15) is 37.7 Å². The van der Waals surface area contributed by atoms with E-state index in [0.717, 1.165) is 12.8 Å². The summed E-state index contributed by atoms with van der Waals surface area (Å²) < 4.78 is 0. The summed E-state index contributed by atoms with van der Waals surface area (Å²) in [5.74, 6) is 1.02. The van der Waals surface area contributed by atoms with Crippen LogP contribution in [0.5, 0.6) is 0 Å². The molecule has 1 aromatic rings. The van der Waals surface area contributed by atoms with Crippen LogP contribution in [-0.2, 0) is 4.79 Å². The maximum Gasteiger partial charge on any atom is 0.225 e. The third-order valence-corrected chi connectivity index (χ3v) is 3.34. The van der Waals surface area contributed by atoms with Crippen LogP contribution in [0.2, 0.25) is 0 Å². The van der Waals surface area contributed by atoms with Gasteiger partial charge >= 0.3 is 0 Å². The van der Waals surface area contributed by atoms with Crippen LogP contribution in [0.3, 0.4) is 0 Å². The molecule has 0 radical (unpaired) electrons. The van der Waals surface area contributed by atoms with Gasteiger partial charge in [0.2, 0.25) is 5.91 Å². The number of carbonyl (C=O) groups excluding carboxylic acids is 1. The lowest BCUT2D eigenvalue weighted by molar-refractivity contribution is -0.117. The molecule has 5 nitrogen and oxygen atoms in total. The fourth-order valence-electron chi connectivity index (χ4n) is 2.24. The van der Waals surface area contributed by atoms with Crippen LogP contribution >= 0.6 is 12.2 Å². The molecule has 17 heavy (non-hydrogen) atoms. The van der Waals surface area contributed by atoms with Crippen molar-refractivity contribution in [3.63, 3.8) is 0 Å². The number of H-pyrrole nitrogens is 1. The number of carbonyl (C=O) groups is 1. The standard InChI is InChI=1S/C11H16N4OS/c12-10(17)8-6-13-15-11(8)14-9(16)5-7-3-1-2-4-7/h6-7H,1-5H2,(H2,12,17)(H2,13,14,15,16). The second-order valence-electron chi connectivity index (χ2n) is 4.43. The second-order valence-corrected chi connectivity index (χ2v) is 4.87. The van der Waals surface area contributed by atoms with Gasteiger partial charge in [0, 0.05) is 6.42 Å². The van der Waals surface area contributed by atoms with Crippen LogP contribution in [0.25, 0.3) is 0 Å². The van der Waals surface area contributed by atoms with Crippen molar-refractivity contribution in [3.8, 4) is 0 Å². The van der Waals surface area contributed by atoms with Gasteiger partial charge in [-0.15, -0.1) is 0 Å². The van der Waals surface area contributed by atoms with E-state index in [2.05, 4.69) is 15.5 Å². The monoisotopic (exact) mass is 252 g/mol. The van der Waals surface area contributed by atoms with E-state index in [1.165, 1.54) is 19.0 Å². The van der Waals surface area contributed by atoms with E-state index in [1.807, 2.05) is 0 Å². The van der Waals surface area contributed by atoms with E-state index in [0.29, 0.717) is 23.7 Å². The molecule has 92 valence electrons. The SMILES string of the molecule is NC(=S)c1cn[nH]c1NC(=O)CC1CCCC1. The average molecular weight is 252 g/mol. The number of amides is 1. The number of anilines is 1. The van der Waals surface area contributed by atoms with Crippen molar-refractivity contribution in [1.29, 1.82) is 0 Å². The summed E-state index contributed by atoms with van der Waals surface area (Å²) >= 11 is 4.87. The highest BCUT2D eigenvalue weighted by Gasteiger charge is 2.19. The van der Waals surface area contributed by atoms with Crippen molar-refractivity contribution in [2.24, 2.45) is 11.7 Å². The lowest BCUT2D eigenvalue weighted by Gasteiger charge is -2.09. The van der Waals surface area contributed by atoms with E-state index in [9.17, 15) is 4.79 Å². The molecule has 0 atom stereocenters. The molecular weight excluding hydrogens is 236 g/mol. The molecule has 6 heteroatoms. The molecule has 0 aromatic carbocycles. The van der Waals surface area contributed by atoms with E-state index in [1.54, 1.807) is 0 Å². The first-order chi connectivity index (χ1) is 8.16. The van der Waals surface area contributed by atoms with Gasteiger partial charge in [-0.2, -0.15) is 5.10 Å². The summed E-state index contributed by atoms with van der Waals surface area (Å²) in [7, 11) is 0. The third kappa shape index (κ3) is 3.03. The third-order valence-electron chi connectivity index (χ3n) is 3.12. The highest BCUT2D eigenvalue weighted by atomic mass is 32.1. The smallest absolute Gasteiger partial charge is 0.225 e. The van der Waals surface area contributed by atoms with E-state index in [-0.39, 0.29) is 10.9 Å². The Balaban J connectivity index is 1.93. The van der Waals surface area contributed by atoms with Gasteiger partial charge in [-0.1, -0.05) is 25.1 Å². The van der Waals surface area contributed by atoms with Gasteiger partial charge in [-0.3, -0.25) is 9.89 Å². The molecule has 0 bridgehead atoms. The average Bonchev–Trinajstić information content (AvgIpc) is 2.88. The molecule has 1 heterocycles. The number of nitrogens with one attached hydrogen (secondary N) is 2. The molecule has 2 rings (SSSR count). The zero-order chi connectivity index (χ0) is 12.3. The number of nitrogens with zero attached hydrogens (tertiary/aromatic N) is 1. The zero-order valence-corrected chi connectivity index (χ0v) is 10.3. The molecule has 1 fully saturated rings. The Morgan fingerprint density at radius 1 is 1.59 bits per heavy atom. The van der Waals surface area contributed by atoms with Gasteiger partial charge in [0.1, 0.15) is 10.8 Å². The minimum absolute atomic E-state index is 0.00125. The topological polar surface area (TPSA) is 83.8 Å². The maximum atomic E-state index is 11.8. The molecule has 1 aliphatic rings. The molecule has 0 saturated heterocycles. The first kappa shape index (κ1) is 12.0. The Labute approximate surface area is 105 Å². The molecule has 1 amide bonds. The van der Waals surface area contributed by atoms with E-state index in [4.69, 9.17) is 18.0 Å². The molecule has 0 aliphatic heterocycles. The predicted molar refractivity (Wildman–Crippen MR) is 69.7 cm³/mol. The highest BCUT2D eigenvalue weighted by Crippen LogP contribution is 2.27. The summed E-state index contributed by atoms with van der Waals surface area (Å²) in [5.41, 5.74) is 6.10. The van der Waals surface area contributed by atoms with E-state index >= 15 is 0 Å². The Morgan fingerprint density at radius 2 is 2.29 bits per heavy atom. The number of aromatic amines is 1. The summed E-state index contributed by atoms with van der Waals surface area (Å²) in [6.45, 7) is 0. The Kier molecular flexibility index (Phi) is 3.73. The number of rotatable bonds is 4. The fourth-order valence-corrected chi connectivity index (χ4v) is 2.39. The van der Waals surface area contributed by atoms with Crippen LogP contribution in [0.15, 0.2) is 6.20 Å². The Bertz CT molecular complexity index is 423. The van der Waals surface area contributed by atoms with Crippen molar-refractivity contribution in [3.05, 3.63) is 11.8 Å². The largest absolute Gasteiger partial charge is 0.389 e. The minimum atomic E-state index is -0.00125. The van der Waals surface area contributed by atoms with Gasteiger partial charge < -0.3 is 11.1 Å². The van der Waals surface area contributed by atoms with Crippen molar-refractivity contribution < 1.29 is 4.79 Å². The van der Waals surface area contributed by atoms with Crippen molar-refractivity contribution >= 4 is 28.9 Å². The van der Waals surface area contributed by atoms with Crippen LogP contribution in [0, 0.1) is 5.92 Å². The number of hydrogen-bond acceptors (Lipinski definition) is 3. The van der Waals surface area contributed by atoms with Gasteiger partial charge in [0.25, 0.3) is 0 Å². The summed E-state index contributed by atoms with van der Waals surface area (Å²) in [5, 5.41) is 9.29. The molecule has 0 spiro atoms. The fraction of sp³-hybridized carbons (Fsp3) is 0.545. The normalized spacial score (nSPS) is 16.0. The molecular formula is C11H16N4OS. The molecule has 1 aliphatic carbocycles. The van der Waals surface area contributed by atoms with Crippen LogP contribution < -0.4 is 11.1 Å². The summed E-state index contributed by atoms with van der Waals surface area (Å²) in [6, 6.07) is 0. The van der Waals surface area contributed by atoms with E-state index < -0.39 is 0 Å². The van der Waals surface area contributed by atoms with Crippen molar-refractivity contribution in [1.82, 2.24) is 10.2 Å². The van der Waals surface area contributed by atoms with Crippen molar-refractivity contribution in [2.45, 2.75) is 32.1 Å². The molecule has 1 aromatic heterocycles. The molecule has 0 unspecified atom stereocenters. The first-order valence-electron chi connectivity index (χ1n) is 5.80. The summed E-state index contributed by atoms with van der Waals surface area (Å²) in [6.07, 6.45) is 6.86. The first-order valence-corrected chi connectivity index (χ1v) is 6.20. The number of nitrogens with two attached hydrogens (primary N) is 1. The van der Waals surface area contributed by atoms with Crippen LogP contribution in [0.4, 0.5) is 5.82 Å². The molecule has 4 N–H and O–H groups in total. The number of hydrogen-bond donors (Lipinski definition) is 3. The Hall–Kier alpha value is -1.43. The lowest BCUT2D eigenvalue weighted by atomic mass is 10.0. The maximum absolute atomic E-state index is 11.8. The summed E-state index contributed by atoms with van der Waals surface area (Å²) in [4.78, 5) is 12.0. The van der Waals surface area contributed by atoms with Gasteiger partial charge in [0.05, 0.1) is 11.8 Å². The minimum Gasteiger partial charge on any atom is -0.389 e. The quantitative estimate of drug-likeness (QED) is 0.710. The number of thiocarbonyl (C=S) groups is 1. The second kappa shape index (κ2) is 5.27. The Morgan fingerprint density at radius 3 is 2.94 bits per heavy atom. The van der Waals surface area contributed by atoms with Gasteiger partial charge in [0.15, 0.2) is 0 Å². The highest BCUT2D eigenvalue weighted by molar-refractivity contribution is 7.80.